The maximum Gasteiger partial charge on any atom is 0.251 e. The average molecular weight is 374 g/mol. The minimum atomic E-state index is -0.0643. The fourth-order valence-electron chi connectivity index (χ4n) is 2.49. The molecule has 1 amide bonds. The summed E-state index contributed by atoms with van der Waals surface area (Å²) in [5.74, 6) is 0.712. The molecule has 2 aromatic rings. The van der Waals surface area contributed by atoms with Crippen molar-refractivity contribution in [1.82, 2.24) is 20.9 Å². The largest absolute Gasteiger partial charge is 0.356 e. The molecule has 6 nitrogen and oxygen atoms in total. The third kappa shape index (κ3) is 6.15. The van der Waals surface area contributed by atoms with E-state index in [2.05, 4.69) is 38.2 Å². The minimum Gasteiger partial charge on any atom is -0.356 e. The molecule has 3 N–H and O–H groups in total. The van der Waals surface area contributed by atoms with Gasteiger partial charge < -0.3 is 16.0 Å². The highest BCUT2D eigenvalue weighted by molar-refractivity contribution is 7.09. The number of aryl methyl sites for hydroxylation is 1. The van der Waals surface area contributed by atoms with Gasteiger partial charge in [-0.1, -0.05) is 19.1 Å². The Morgan fingerprint density at radius 1 is 1.23 bits per heavy atom. The Hall–Kier alpha value is -2.41. The Bertz CT molecular complexity index is 741. The second-order valence-electron chi connectivity index (χ2n) is 5.79. The molecule has 0 fully saturated rings. The van der Waals surface area contributed by atoms with Crippen LogP contribution in [-0.2, 0) is 19.3 Å². The summed E-state index contributed by atoms with van der Waals surface area (Å²) in [5, 5.41) is 12.6. The maximum absolute atomic E-state index is 11.7. The Morgan fingerprint density at radius 2 is 2.00 bits per heavy atom. The Morgan fingerprint density at radius 3 is 2.65 bits per heavy atom. The van der Waals surface area contributed by atoms with E-state index in [0.717, 1.165) is 49.6 Å². The van der Waals surface area contributed by atoms with Crippen LogP contribution in [0.4, 0.5) is 0 Å². The van der Waals surface area contributed by atoms with E-state index in [1.807, 2.05) is 24.3 Å². The summed E-state index contributed by atoms with van der Waals surface area (Å²) in [6, 6.07) is 7.67. The predicted octanol–water partition coefficient (Wildman–Crippen LogP) is 2.02. The van der Waals surface area contributed by atoms with Gasteiger partial charge in [-0.25, -0.2) is 4.98 Å². The number of rotatable bonds is 8. The van der Waals surface area contributed by atoms with Crippen molar-refractivity contribution >= 4 is 23.2 Å². The van der Waals surface area contributed by atoms with Gasteiger partial charge >= 0.3 is 0 Å². The lowest BCUT2D eigenvalue weighted by Crippen LogP contribution is -2.39. The summed E-state index contributed by atoms with van der Waals surface area (Å²) in [6.07, 6.45) is 2.69. The van der Waals surface area contributed by atoms with E-state index in [4.69, 9.17) is 0 Å². The number of aliphatic imine (C=N–C) groups is 1. The summed E-state index contributed by atoms with van der Waals surface area (Å²) in [7, 11) is 3.40. The normalized spacial score (nSPS) is 11.3. The topological polar surface area (TPSA) is 78.4 Å². The van der Waals surface area contributed by atoms with Gasteiger partial charge in [0.2, 0.25) is 0 Å². The molecule has 0 radical (unpaired) electrons. The van der Waals surface area contributed by atoms with Crippen LogP contribution >= 0.6 is 11.3 Å². The van der Waals surface area contributed by atoms with Gasteiger partial charge in [-0.2, -0.15) is 0 Å². The zero-order valence-corrected chi connectivity index (χ0v) is 16.4. The number of thiazole rings is 1. The third-order valence-electron chi connectivity index (χ3n) is 3.92. The third-order valence-corrected chi connectivity index (χ3v) is 4.96. The number of guanidine groups is 1. The van der Waals surface area contributed by atoms with Gasteiger partial charge in [0.05, 0.1) is 10.7 Å². The molecule has 26 heavy (non-hydrogen) atoms. The molecule has 0 unspecified atom stereocenters. The number of hydrogen-bond donors (Lipinski definition) is 3. The number of amides is 1. The van der Waals surface area contributed by atoms with Gasteiger partial charge in [0.1, 0.15) is 0 Å². The molecule has 2 rings (SSSR count). The standard InChI is InChI=1S/C19H27N5OS/c1-4-17-24-16(13-26-17)9-11-23-19(21-3)22-10-8-14-6-5-7-15(12-14)18(25)20-2/h5-7,12-13H,4,8-11H2,1-3H3,(H,20,25)(H2,21,22,23). The van der Waals surface area contributed by atoms with Crippen molar-refractivity contribution in [2.24, 2.45) is 4.99 Å². The molecule has 0 atom stereocenters. The van der Waals surface area contributed by atoms with E-state index in [1.165, 1.54) is 5.01 Å². The van der Waals surface area contributed by atoms with Crippen LogP contribution < -0.4 is 16.0 Å². The van der Waals surface area contributed by atoms with Gasteiger partial charge in [0, 0.05) is 44.5 Å². The first kappa shape index (κ1) is 19.9. The van der Waals surface area contributed by atoms with Gasteiger partial charge in [0.25, 0.3) is 5.91 Å². The lowest BCUT2D eigenvalue weighted by molar-refractivity contribution is 0.0963. The molecular formula is C19H27N5OS. The van der Waals surface area contributed by atoms with Gasteiger partial charge in [-0.15, -0.1) is 11.3 Å². The average Bonchev–Trinajstić information content (AvgIpc) is 3.14. The lowest BCUT2D eigenvalue weighted by Gasteiger charge is -2.11. The van der Waals surface area contributed by atoms with Gasteiger partial charge in [-0.05, 0) is 30.5 Å². The molecule has 1 aromatic heterocycles. The van der Waals surface area contributed by atoms with E-state index in [1.54, 1.807) is 25.4 Å². The molecule has 7 heteroatoms. The quantitative estimate of drug-likeness (QED) is 0.489. The first-order valence-electron chi connectivity index (χ1n) is 8.85. The van der Waals surface area contributed by atoms with Crippen LogP contribution in [0, 0.1) is 0 Å². The highest BCUT2D eigenvalue weighted by Crippen LogP contribution is 2.10. The van der Waals surface area contributed by atoms with Crippen LogP contribution in [0.15, 0.2) is 34.6 Å². The first-order valence-corrected chi connectivity index (χ1v) is 9.73. The SMILES string of the molecule is CCc1nc(CCNC(=NC)NCCc2cccc(C(=O)NC)c2)cs1. The maximum atomic E-state index is 11.7. The lowest BCUT2D eigenvalue weighted by atomic mass is 10.1. The van der Waals surface area contributed by atoms with Gasteiger partial charge in [0.15, 0.2) is 5.96 Å². The number of benzene rings is 1. The number of aromatic nitrogens is 1. The number of carbonyl (C=O) groups is 1. The molecule has 0 aliphatic carbocycles. The van der Waals surface area contributed by atoms with Crippen molar-refractivity contribution in [3.63, 3.8) is 0 Å². The summed E-state index contributed by atoms with van der Waals surface area (Å²) in [4.78, 5) is 20.5. The first-order chi connectivity index (χ1) is 12.7. The second kappa shape index (κ2) is 10.6. The molecule has 0 spiro atoms. The van der Waals surface area contributed by atoms with Crippen LogP contribution in [0.1, 0.15) is 33.5 Å². The minimum absolute atomic E-state index is 0.0643. The van der Waals surface area contributed by atoms with E-state index in [0.29, 0.717) is 5.56 Å². The molecule has 0 saturated carbocycles. The summed E-state index contributed by atoms with van der Waals surface area (Å²) in [5.41, 5.74) is 2.92. The molecule has 0 bridgehead atoms. The number of carbonyl (C=O) groups excluding carboxylic acids is 1. The van der Waals surface area contributed by atoms with Crippen LogP contribution in [0.2, 0.25) is 0 Å². The predicted molar refractivity (Wildman–Crippen MR) is 108 cm³/mol. The fourth-order valence-corrected chi connectivity index (χ4v) is 3.27. The van der Waals surface area contributed by atoms with Crippen molar-refractivity contribution < 1.29 is 4.79 Å². The van der Waals surface area contributed by atoms with E-state index in [9.17, 15) is 4.79 Å². The Labute approximate surface area is 159 Å². The van der Waals surface area contributed by atoms with Crippen molar-refractivity contribution in [2.45, 2.75) is 26.2 Å². The van der Waals surface area contributed by atoms with Crippen LogP contribution in [0.5, 0.6) is 0 Å². The van der Waals surface area contributed by atoms with Crippen molar-refractivity contribution in [2.75, 3.05) is 27.2 Å². The molecule has 1 heterocycles. The van der Waals surface area contributed by atoms with E-state index < -0.39 is 0 Å². The molecule has 0 aliphatic heterocycles. The number of nitrogens with one attached hydrogen (secondary N) is 3. The summed E-state index contributed by atoms with van der Waals surface area (Å²) >= 11 is 1.72. The highest BCUT2D eigenvalue weighted by atomic mass is 32.1. The van der Waals surface area contributed by atoms with Crippen LogP contribution in [0.25, 0.3) is 0 Å². The fraction of sp³-hybridized carbons (Fsp3) is 0.421. The molecule has 0 saturated heterocycles. The number of hydrogen-bond acceptors (Lipinski definition) is 4. The molecule has 140 valence electrons. The molecule has 0 aliphatic rings. The Balaban J connectivity index is 1.74. The zero-order chi connectivity index (χ0) is 18.8. The second-order valence-corrected chi connectivity index (χ2v) is 6.73. The zero-order valence-electron chi connectivity index (χ0n) is 15.6. The number of nitrogens with zero attached hydrogens (tertiary/aromatic N) is 2. The van der Waals surface area contributed by atoms with Crippen LogP contribution in [-0.4, -0.2) is 44.0 Å². The van der Waals surface area contributed by atoms with Crippen molar-refractivity contribution in [1.29, 1.82) is 0 Å². The molecule has 1 aromatic carbocycles. The smallest absolute Gasteiger partial charge is 0.251 e. The monoisotopic (exact) mass is 373 g/mol. The van der Waals surface area contributed by atoms with E-state index >= 15 is 0 Å². The summed E-state index contributed by atoms with van der Waals surface area (Å²) in [6.45, 7) is 3.66. The van der Waals surface area contributed by atoms with E-state index in [-0.39, 0.29) is 5.91 Å². The summed E-state index contributed by atoms with van der Waals surface area (Å²) < 4.78 is 0. The van der Waals surface area contributed by atoms with Crippen molar-refractivity contribution in [3.05, 3.63) is 51.5 Å². The molecular weight excluding hydrogens is 346 g/mol. The van der Waals surface area contributed by atoms with Crippen molar-refractivity contribution in [3.8, 4) is 0 Å². The Kier molecular flexibility index (Phi) is 8.08. The van der Waals surface area contributed by atoms with Crippen LogP contribution in [0.3, 0.4) is 0 Å². The highest BCUT2D eigenvalue weighted by Gasteiger charge is 2.04. The van der Waals surface area contributed by atoms with Gasteiger partial charge in [-0.3, -0.25) is 9.79 Å².